The van der Waals surface area contributed by atoms with E-state index in [1.54, 1.807) is 12.1 Å². The molecule has 0 aliphatic heterocycles. The number of methoxy groups -OCH3 is 1. The summed E-state index contributed by atoms with van der Waals surface area (Å²) in [4.78, 5) is 11.0. The van der Waals surface area contributed by atoms with Crippen molar-refractivity contribution in [2.75, 3.05) is 7.11 Å². The first-order chi connectivity index (χ1) is 10.7. The van der Waals surface area contributed by atoms with Crippen LogP contribution in [0, 0.1) is 6.92 Å². The first-order valence-corrected chi connectivity index (χ1v) is 8.56. The molecule has 2 rings (SSSR count). The van der Waals surface area contributed by atoms with Crippen molar-refractivity contribution in [3.8, 4) is 11.5 Å². The van der Waals surface area contributed by atoms with E-state index in [9.17, 15) is 13.2 Å². The van der Waals surface area contributed by atoms with Gasteiger partial charge in [-0.25, -0.2) is 4.79 Å². The summed E-state index contributed by atoms with van der Waals surface area (Å²) in [5.74, 6) is -1.29. The summed E-state index contributed by atoms with van der Waals surface area (Å²) >= 11 is 3.11. The minimum Gasteiger partial charge on any atom is -0.493 e. The van der Waals surface area contributed by atoms with Gasteiger partial charge in [0.25, 0.3) is 0 Å². The minimum atomic E-state index is -4.08. The first kappa shape index (κ1) is 17.3. The number of benzene rings is 2. The van der Waals surface area contributed by atoms with Crippen LogP contribution in [0.2, 0.25) is 0 Å². The Morgan fingerprint density at radius 3 is 2.30 bits per heavy atom. The number of carboxylic acid groups (broad SMARTS) is 1. The monoisotopic (exact) mass is 400 g/mol. The van der Waals surface area contributed by atoms with Crippen molar-refractivity contribution in [3.63, 3.8) is 0 Å². The fourth-order valence-electron chi connectivity index (χ4n) is 1.79. The maximum absolute atomic E-state index is 12.3. The molecule has 0 saturated heterocycles. The number of carboxylic acids is 1. The Bertz CT molecular complexity index is 843. The van der Waals surface area contributed by atoms with Gasteiger partial charge >= 0.3 is 16.1 Å². The molecule has 0 spiro atoms. The van der Waals surface area contributed by atoms with Crippen molar-refractivity contribution in [1.29, 1.82) is 0 Å². The van der Waals surface area contributed by atoms with Gasteiger partial charge in [0.05, 0.1) is 17.1 Å². The zero-order chi connectivity index (χ0) is 17.2. The van der Waals surface area contributed by atoms with Crippen LogP contribution >= 0.6 is 15.9 Å². The van der Waals surface area contributed by atoms with Crippen LogP contribution in [0.1, 0.15) is 15.9 Å². The minimum absolute atomic E-state index is 0.00698. The van der Waals surface area contributed by atoms with Crippen molar-refractivity contribution in [2.45, 2.75) is 11.8 Å². The molecule has 0 aromatic heterocycles. The van der Waals surface area contributed by atoms with E-state index in [4.69, 9.17) is 14.0 Å². The number of carbonyl (C=O) groups is 1. The molecule has 6 nitrogen and oxygen atoms in total. The molecule has 2 aromatic rings. The summed E-state index contributed by atoms with van der Waals surface area (Å²) in [6.07, 6.45) is 0. The van der Waals surface area contributed by atoms with Crippen LogP contribution in [0.3, 0.4) is 0 Å². The lowest BCUT2D eigenvalue weighted by Gasteiger charge is -2.13. The molecule has 122 valence electrons. The van der Waals surface area contributed by atoms with E-state index in [0.717, 1.165) is 5.56 Å². The summed E-state index contributed by atoms with van der Waals surface area (Å²) in [7, 11) is -2.79. The highest BCUT2D eigenvalue weighted by molar-refractivity contribution is 9.10. The van der Waals surface area contributed by atoms with Crippen molar-refractivity contribution >= 4 is 32.0 Å². The molecule has 23 heavy (non-hydrogen) atoms. The molecule has 0 radical (unpaired) electrons. The number of rotatable bonds is 5. The van der Waals surface area contributed by atoms with Crippen LogP contribution in [0.4, 0.5) is 0 Å². The quantitative estimate of drug-likeness (QED) is 0.774. The van der Waals surface area contributed by atoms with Crippen LogP contribution in [-0.4, -0.2) is 26.6 Å². The second kappa shape index (κ2) is 6.59. The predicted octanol–water partition coefficient (Wildman–Crippen LogP) is 3.23. The Kier molecular flexibility index (Phi) is 4.96. The van der Waals surface area contributed by atoms with Gasteiger partial charge in [0.15, 0.2) is 11.5 Å². The Balaban J connectivity index is 2.46. The lowest BCUT2D eigenvalue weighted by atomic mass is 10.2. The summed E-state index contributed by atoms with van der Waals surface area (Å²) in [6, 6.07) is 8.58. The van der Waals surface area contributed by atoms with E-state index in [1.807, 2.05) is 6.92 Å². The molecule has 0 atom stereocenters. The lowest BCUT2D eigenvalue weighted by molar-refractivity contribution is 0.0696. The lowest BCUT2D eigenvalue weighted by Crippen LogP contribution is -2.11. The second-order valence-electron chi connectivity index (χ2n) is 4.65. The molecule has 2 aromatic carbocycles. The second-order valence-corrected chi connectivity index (χ2v) is 7.05. The van der Waals surface area contributed by atoms with Crippen molar-refractivity contribution in [1.82, 2.24) is 0 Å². The third kappa shape index (κ3) is 3.83. The molecular weight excluding hydrogens is 388 g/mol. The van der Waals surface area contributed by atoms with Gasteiger partial charge in [-0.3, -0.25) is 0 Å². The van der Waals surface area contributed by atoms with E-state index < -0.39 is 16.1 Å². The molecule has 0 amide bonds. The van der Waals surface area contributed by atoms with Gasteiger partial charge in [0, 0.05) is 0 Å². The summed E-state index contributed by atoms with van der Waals surface area (Å²) in [5, 5.41) is 9.02. The van der Waals surface area contributed by atoms with Gasteiger partial charge in [0.2, 0.25) is 0 Å². The van der Waals surface area contributed by atoms with Gasteiger partial charge in [-0.05, 0) is 47.1 Å². The van der Waals surface area contributed by atoms with E-state index in [-0.39, 0.29) is 26.4 Å². The zero-order valence-corrected chi connectivity index (χ0v) is 14.6. The molecule has 8 heteroatoms. The number of halogens is 1. The highest BCUT2D eigenvalue weighted by Gasteiger charge is 2.23. The Labute approximate surface area is 141 Å². The fraction of sp³-hybridized carbons (Fsp3) is 0.133. The smallest absolute Gasteiger partial charge is 0.339 e. The van der Waals surface area contributed by atoms with Gasteiger partial charge in [-0.1, -0.05) is 17.7 Å². The molecule has 1 N–H and O–H groups in total. The van der Waals surface area contributed by atoms with E-state index >= 15 is 0 Å². The number of hydrogen-bond donors (Lipinski definition) is 1. The molecule has 0 heterocycles. The maximum atomic E-state index is 12.3. The van der Waals surface area contributed by atoms with Gasteiger partial charge in [-0.15, -0.1) is 0 Å². The summed E-state index contributed by atoms with van der Waals surface area (Å²) in [6.45, 7) is 1.83. The van der Waals surface area contributed by atoms with E-state index in [2.05, 4.69) is 15.9 Å². The van der Waals surface area contributed by atoms with Gasteiger partial charge in [0.1, 0.15) is 4.90 Å². The maximum Gasteiger partial charge on any atom is 0.339 e. The third-order valence-corrected chi connectivity index (χ3v) is 4.80. The average Bonchev–Trinajstić information content (AvgIpc) is 2.49. The largest absolute Gasteiger partial charge is 0.493 e. The molecule has 0 aliphatic carbocycles. The Hall–Kier alpha value is -2.06. The SMILES string of the molecule is COc1cc(C(=O)O)cc(Br)c1OS(=O)(=O)c1ccc(C)cc1. The Morgan fingerprint density at radius 2 is 1.78 bits per heavy atom. The zero-order valence-electron chi connectivity index (χ0n) is 12.2. The highest BCUT2D eigenvalue weighted by Crippen LogP contribution is 2.38. The van der Waals surface area contributed by atoms with Crippen molar-refractivity contribution < 1.29 is 27.2 Å². The van der Waals surface area contributed by atoms with Gasteiger partial charge in [-0.2, -0.15) is 8.42 Å². The van der Waals surface area contributed by atoms with Crippen LogP contribution < -0.4 is 8.92 Å². The number of ether oxygens (including phenoxy) is 1. The molecule has 0 fully saturated rings. The molecular formula is C15H13BrO6S. The topological polar surface area (TPSA) is 89.9 Å². The number of aromatic carboxylic acids is 1. The molecule has 0 aliphatic rings. The van der Waals surface area contributed by atoms with Crippen LogP contribution in [0.25, 0.3) is 0 Å². The third-order valence-electron chi connectivity index (χ3n) is 2.98. The highest BCUT2D eigenvalue weighted by atomic mass is 79.9. The van der Waals surface area contributed by atoms with Crippen LogP contribution in [-0.2, 0) is 10.1 Å². The standard InChI is InChI=1S/C15H13BrO6S/c1-9-3-5-11(6-4-9)23(19,20)22-14-12(16)7-10(15(17)18)8-13(14)21-2/h3-8H,1-2H3,(H,17,18). The van der Waals surface area contributed by atoms with Crippen LogP contribution in [0.5, 0.6) is 11.5 Å². The normalized spacial score (nSPS) is 11.1. The van der Waals surface area contributed by atoms with Crippen molar-refractivity contribution in [2.24, 2.45) is 0 Å². The Morgan fingerprint density at radius 1 is 1.17 bits per heavy atom. The number of aryl methyl sites for hydroxylation is 1. The average molecular weight is 401 g/mol. The molecule has 0 bridgehead atoms. The van der Waals surface area contributed by atoms with E-state index in [0.29, 0.717) is 0 Å². The number of hydrogen-bond acceptors (Lipinski definition) is 5. The summed E-state index contributed by atoms with van der Waals surface area (Å²) in [5.41, 5.74) is 0.849. The molecule has 0 saturated carbocycles. The fourth-order valence-corrected chi connectivity index (χ4v) is 3.37. The van der Waals surface area contributed by atoms with E-state index in [1.165, 1.54) is 31.4 Å². The van der Waals surface area contributed by atoms with Gasteiger partial charge < -0.3 is 14.0 Å². The van der Waals surface area contributed by atoms with Crippen LogP contribution in [0.15, 0.2) is 45.8 Å². The van der Waals surface area contributed by atoms with Crippen molar-refractivity contribution in [3.05, 3.63) is 52.0 Å². The first-order valence-electron chi connectivity index (χ1n) is 6.36. The predicted molar refractivity (Wildman–Crippen MR) is 86.6 cm³/mol. The summed E-state index contributed by atoms with van der Waals surface area (Å²) < 4.78 is 35.0. The molecule has 0 unspecified atom stereocenters.